The van der Waals surface area contributed by atoms with Crippen LogP contribution in [0, 0.1) is 6.92 Å². The third-order valence-corrected chi connectivity index (χ3v) is 4.85. The molecule has 0 aromatic carbocycles. The molecule has 2 saturated heterocycles. The summed E-state index contributed by atoms with van der Waals surface area (Å²) in [5, 5.41) is 7.53. The van der Waals surface area contributed by atoms with Crippen LogP contribution in [0.2, 0.25) is 0 Å². The number of nitrogens with zero attached hydrogens (tertiary/aromatic N) is 4. The van der Waals surface area contributed by atoms with E-state index >= 15 is 0 Å². The zero-order valence-electron chi connectivity index (χ0n) is 14.2. The first-order chi connectivity index (χ1) is 11.0. The molecular weight excluding hydrogens is 296 g/mol. The molecule has 0 radical (unpaired) electrons. The van der Waals surface area contributed by atoms with E-state index < -0.39 is 0 Å². The molecule has 1 amide bonds. The molecular formula is C16H26N4O3. The summed E-state index contributed by atoms with van der Waals surface area (Å²) in [6, 6.07) is 0.559. The topological polar surface area (TPSA) is 71.7 Å². The first-order valence-electron chi connectivity index (χ1n) is 8.48. The molecule has 0 aliphatic carbocycles. The summed E-state index contributed by atoms with van der Waals surface area (Å²) < 4.78 is 10.5. The number of morpholine rings is 1. The quantitative estimate of drug-likeness (QED) is 0.827. The number of amides is 1. The number of aryl methyl sites for hydroxylation is 1. The Hall–Kier alpha value is -1.47. The van der Waals surface area contributed by atoms with Crippen LogP contribution < -0.4 is 0 Å². The predicted molar refractivity (Wildman–Crippen MR) is 83.9 cm³/mol. The minimum atomic E-state index is 0.117. The Morgan fingerprint density at radius 2 is 1.83 bits per heavy atom. The number of hydrogen-bond donors (Lipinski definition) is 0. The van der Waals surface area contributed by atoms with E-state index in [2.05, 4.69) is 33.7 Å². The van der Waals surface area contributed by atoms with Crippen molar-refractivity contribution < 1.29 is 14.2 Å². The molecule has 2 aliphatic rings. The van der Waals surface area contributed by atoms with Crippen molar-refractivity contribution >= 4 is 5.91 Å². The van der Waals surface area contributed by atoms with Crippen molar-refractivity contribution in [2.45, 2.75) is 58.3 Å². The summed E-state index contributed by atoms with van der Waals surface area (Å²) in [6.45, 7) is 9.69. The molecule has 2 aliphatic heterocycles. The maximum atomic E-state index is 12.4. The lowest BCUT2D eigenvalue weighted by Crippen LogP contribution is -2.53. The Morgan fingerprint density at radius 3 is 2.39 bits per heavy atom. The van der Waals surface area contributed by atoms with Gasteiger partial charge in [-0.15, -0.1) is 0 Å². The van der Waals surface area contributed by atoms with Crippen LogP contribution in [-0.2, 0) is 16.0 Å². The highest BCUT2D eigenvalue weighted by Crippen LogP contribution is 2.22. The van der Waals surface area contributed by atoms with E-state index in [1.165, 1.54) is 0 Å². The van der Waals surface area contributed by atoms with Gasteiger partial charge in [-0.3, -0.25) is 9.69 Å². The van der Waals surface area contributed by atoms with Crippen molar-refractivity contribution in [3.63, 3.8) is 0 Å². The lowest BCUT2D eigenvalue weighted by atomic mass is 10.0. The standard InChI is InChI=1S/C16H26N4O3/c1-11-9-20(10-12(2)22-11)14-4-6-19(7-5-14)16(21)8-15-13(3)17-23-18-15/h11-12,14H,4-10H2,1-3H3. The fraction of sp³-hybridized carbons (Fsp3) is 0.812. The Bertz CT molecular complexity index is 529. The normalized spacial score (nSPS) is 27.3. The molecule has 7 heteroatoms. The third-order valence-electron chi connectivity index (χ3n) is 4.85. The van der Waals surface area contributed by atoms with Gasteiger partial charge in [0.15, 0.2) is 0 Å². The van der Waals surface area contributed by atoms with Crippen LogP contribution in [-0.4, -0.2) is 70.4 Å². The number of piperidine rings is 1. The van der Waals surface area contributed by atoms with E-state index in [9.17, 15) is 4.79 Å². The summed E-state index contributed by atoms with van der Waals surface area (Å²) in [7, 11) is 0. The van der Waals surface area contributed by atoms with Crippen LogP contribution in [0.15, 0.2) is 4.63 Å². The van der Waals surface area contributed by atoms with E-state index in [-0.39, 0.29) is 12.3 Å². The van der Waals surface area contributed by atoms with Crippen molar-refractivity contribution in [3.05, 3.63) is 11.4 Å². The summed E-state index contributed by atoms with van der Waals surface area (Å²) >= 11 is 0. The minimum absolute atomic E-state index is 0.117. The molecule has 2 unspecified atom stereocenters. The monoisotopic (exact) mass is 322 g/mol. The summed E-state index contributed by atoms with van der Waals surface area (Å²) in [5.41, 5.74) is 1.34. The van der Waals surface area contributed by atoms with Crippen molar-refractivity contribution in [2.75, 3.05) is 26.2 Å². The number of carbonyl (C=O) groups is 1. The molecule has 2 atom stereocenters. The Labute approximate surface area is 136 Å². The van der Waals surface area contributed by atoms with Crippen LogP contribution in [0.4, 0.5) is 0 Å². The van der Waals surface area contributed by atoms with Crippen LogP contribution in [0.25, 0.3) is 0 Å². The van der Waals surface area contributed by atoms with Gasteiger partial charge in [-0.25, -0.2) is 4.63 Å². The van der Waals surface area contributed by atoms with Gasteiger partial charge in [-0.2, -0.15) is 0 Å². The van der Waals surface area contributed by atoms with Crippen molar-refractivity contribution in [2.24, 2.45) is 0 Å². The van der Waals surface area contributed by atoms with Crippen LogP contribution in [0.1, 0.15) is 38.1 Å². The van der Waals surface area contributed by atoms with Crippen molar-refractivity contribution in [3.8, 4) is 0 Å². The van der Waals surface area contributed by atoms with E-state index in [0.29, 0.717) is 29.6 Å². The van der Waals surface area contributed by atoms with Crippen LogP contribution >= 0.6 is 0 Å². The molecule has 0 N–H and O–H groups in total. The lowest BCUT2D eigenvalue weighted by Gasteiger charge is -2.43. The fourth-order valence-corrected chi connectivity index (χ4v) is 3.66. The van der Waals surface area contributed by atoms with Gasteiger partial charge in [-0.05, 0) is 33.6 Å². The second kappa shape index (κ2) is 6.97. The third kappa shape index (κ3) is 3.90. The number of rotatable bonds is 3. The predicted octanol–water partition coefficient (Wildman–Crippen LogP) is 1.02. The van der Waals surface area contributed by atoms with Crippen LogP contribution in [0.5, 0.6) is 0 Å². The van der Waals surface area contributed by atoms with E-state index in [0.717, 1.165) is 39.0 Å². The van der Waals surface area contributed by atoms with E-state index in [1.54, 1.807) is 0 Å². The van der Waals surface area contributed by atoms with Crippen LogP contribution in [0.3, 0.4) is 0 Å². The number of ether oxygens (including phenoxy) is 1. The first kappa shape index (κ1) is 16.4. The molecule has 7 nitrogen and oxygen atoms in total. The smallest absolute Gasteiger partial charge is 0.228 e. The average Bonchev–Trinajstić information content (AvgIpc) is 2.91. The van der Waals surface area contributed by atoms with E-state index in [4.69, 9.17) is 4.74 Å². The lowest BCUT2D eigenvalue weighted by molar-refractivity contribution is -0.133. The SMILES string of the molecule is Cc1nonc1CC(=O)N1CCC(N2CC(C)OC(C)C2)CC1. The summed E-state index contributed by atoms with van der Waals surface area (Å²) in [4.78, 5) is 16.9. The number of aromatic nitrogens is 2. The number of likely N-dealkylation sites (tertiary alicyclic amines) is 1. The molecule has 1 aromatic rings. The number of hydrogen-bond acceptors (Lipinski definition) is 6. The zero-order chi connectivity index (χ0) is 16.4. The maximum Gasteiger partial charge on any atom is 0.228 e. The highest BCUT2D eigenvalue weighted by Gasteiger charge is 2.31. The summed E-state index contributed by atoms with van der Waals surface area (Å²) in [6.07, 6.45) is 2.93. The number of carbonyl (C=O) groups excluding carboxylic acids is 1. The zero-order valence-corrected chi connectivity index (χ0v) is 14.2. The second-order valence-electron chi connectivity index (χ2n) is 6.80. The van der Waals surface area contributed by atoms with Gasteiger partial charge in [0, 0.05) is 32.2 Å². The average molecular weight is 322 g/mol. The van der Waals surface area contributed by atoms with E-state index in [1.807, 2.05) is 11.8 Å². The van der Waals surface area contributed by atoms with Gasteiger partial charge in [0.2, 0.25) is 5.91 Å². The molecule has 2 fully saturated rings. The highest BCUT2D eigenvalue weighted by atomic mass is 16.6. The molecule has 3 rings (SSSR count). The molecule has 128 valence electrons. The van der Waals surface area contributed by atoms with Gasteiger partial charge in [0.25, 0.3) is 0 Å². The van der Waals surface area contributed by atoms with Gasteiger partial charge in [0.1, 0.15) is 11.4 Å². The highest BCUT2D eigenvalue weighted by molar-refractivity contribution is 5.78. The minimum Gasteiger partial charge on any atom is -0.373 e. The van der Waals surface area contributed by atoms with Gasteiger partial charge >= 0.3 is 0 Å². The molecule has 0 spiro atoms. The Morgan fingerprint density at radius 1 is 1.17 bits per heavy atom. The second-order valence-corrected chi connectivity index (χ2v) is 6.80. The molecule has 0 bridgehead atoms. The largest absolute Gasteiger partial charge is 0.373 e. The maximum absolute atomic E-state index is 12.4. The van der Waals surface area contributed by atoms with Crippen molar-refractivity contribution in [1.82, 2.24) is 20.1 Å². The Balaban J connectivity index is 1.50. The summed E-state index contributed by atoms with van der Waals surface area (Å²) in [5.74, 6) is 0.117. The molecule has 1 aromatic heterocycles. The molecule has 0 saturated carbocycles. The first-order valence-corrected chi connectivity index (χ1v) is 8.48. The molecule has 3 heterocycles. The van der Waals surface area contributed by atoms with Gasteiger partial charge in [0.05, 0.1) is 18.6 Å². The Kier molecular flexibility index (Phi) is 4.96. The van der Waals surface area contributed by atoms with Crippen molar-refractivity contribution in [1.29, 1.82) is 0 Å². The molecule has 23 heavy (non-hydrogen) atoms. The fourth-order valence-electron chi connectivity index (χ4n) is 3.66. The van der Waals surface area contributed by atoms with Gasteiger partial charge in [-0.1, -0.05) is 10.3 Å². The van der Waals surface area contributed by atoms with Gasteiger partial charge < -0.3 is 9.64 Å².